The number of nitrogens with zero attached hydrogens (tertiary/aromatic N) is 3. The zero-order valence-corrected chi connectivity index (χ0v) is 19.5. The Morgan fingerprint density at radius 3 is 2.33 bits per heavy atom. The maximum Gasteiger partial charge on any atom is 0.223 e. The lowest BCUT2D eigenvalue weighted by molar-refractivity contribution is -0.919. The van der Waals surface area contributed by atoms with E-state index >= 15 is 0 Å². The van der Waals surface area contributed by atoms with Crippen LogP contribution in [0.25, 0.3) is 11.5 Å². The molecule has 1 saturated carbocycles. The highest BCUT2D eigenvalue weighted by atomic mass is 16.1. The molecule has 33 heavy (non-hydrogen) atoms. The molecule has 3 heterocycles. The number of rotatable bonds is 6. The van der Waals surface area contributed by atoms with E-state index < -0.39 is 0 Å². The first kappa shape index (κ1) is 22.0. The van der Waals surface area contributed by atoms with E-state index in [0.717, 1.165) is 56.8 Å². The van der Waals surface area contributed by atoms with Crippen LogP contribution in [0.15, 0.2) is 61.1 Å². The van der Waals surface area contributed by atoms with E-state index in [4.69, 9.17) is 5.10 Å². The lowest BCUT2D eigenvalue weighted by Crippen LogP contribution is -3.11. The van der Waals surface area contributed by atoms with Gasteiger partial charge in [0, 0.05) is 37.2 Å². The number of nitrogens with one attached hydrogen (secondary N) is 2. The molecule has 0 spiro atoms. The maximum absolute atomic E-state index is 12.9. The second-order valence-electron chi connectivity index (χ2n) is 9.73. The fourth-order valence-electron chi connectivity index (χ4n) is 5.49. The zero-order chi connectivity index (χ0) is 22.5. The number of hydrogen-bond acceptors (Lipinski definition) is 2. The number of amides is 1. The third-order valence-electron chi connectivity index (χ3n) is 7.37. The quantitative estimate of drug-likeness (QED) is 0.571. The molecule has 5 rings (SSSR count). The standard InChI is InChI=1S/C27H35N5O/c33-26(29-24-10-4-1-2-5-11-24)22-14-18-30(19-15-22)21-23-20-28-32(25-12-6-3-7-13-25)27(23)31-16-8-9-17-31/h3,6-9,12-13,16-17,20,22,24H,1-2,4-5,10-11,14-15,18-19,21H2,(H,29,33)/p+1. The summed E-state index contributed by atoms with van der Waals surface area (Å²) in [5.41, 5.74) is 2.31. The maximum atomic E-state index is 12.9. The van der Waals surface area contributed by atoms with Crippen LogP contribution in [0.3, 0.4) is 0 Å². The smallest absolute Gasteiger partial charge is 0.223 e. The Morgan fingerprint density at radius 2 is 1.64 bits per heavy atom. The average molecular weight is 447 g/mol. The molecule has 6 nitrogen and oxygen atoms in total. The van der Waals surface area contributed by atoms with Crippen molar-refractivity contribution in [2.24, 2.45) is 5.92 Å². The van der Waals surface area contributed by atoms with Crippen molar-refractivity contribution in [3.8, 4) is 11.5 Å². The van der Waals surface area contributed by atoms with Gasteiger partial charge in [-0.15, -0.1) is 0 Å². The van der Waals surface area contributed by atoms with Gasteiger partial charge in [-0.25, -0.2) is 4.68 Å². The van der Waals surface area contributed by atoms with E-state index in [1.807, 2.05) is 29.1 Å². The van der Waals surface area contributed by atoms with Crippen molar-refractivity contribution >= 4 is 5.91 Å². The minimum absolute atomic E-state index is 0.174. The molecule has 3 aromatic rings. The normalized spacial score (nSPS) is 22.1. The van der Waals surface area contributed by atoms with Crippen molar-refractivity contribution in [2.45, 2.75) is 64.0 Å². The molecule has 6 heteroatoms. The second kappa shape index (κ2) is 10.4. The Morgan fingerprint density at radius 1 is 0.939 bits per heavy atom. The first-order valence-corrected chi connectivity index (χ1v) is 12.7. The molecule has 2 aromatic heterocycles. The summed E-state index contributed by atoms with van der Waals surface area (Å²) in [5, 5.41) is 8.12. The highest BCUT2D eigenvalue weighted by Gasteiger charge is 2.30. The molecular formula is C27H36N5O+. The lowest BCUT2D eigenvalue weighted by atomic mass is 9.95. The number of quaternary nitrogens is 1. The van der Waals surface area contributed by atoms with E-state index in [9.17, 15) is 4.79 Å². The highest BCUT2D eigenvalue weighted by molar-refractivity contribution is 5.79. The molecule has 174 valence electrons. The second-order valence-corrected chi connectivity index (χ2v) is 9.73. The fraction of sp³-hybridized carbons (Fsp3) is 0.481. The minimum atomic E-state index is 0.174. The van der Waals surface area contributed by atoms with Gasteiger partial charge in [0.25, 0.3) is 0 Å². The van der Waals surface area contributed by atoms with Gasteiger partial charge in [0.15, 0.2) is 0 Å². The lowest BCUT2D eigenvalue weighted by Gasteiger charge is -2.29. The van der Waals surface area contributed by atoms with Crippen LogP contribution in [0.4, 0.5) is 0 Å². The summed E-state index contributed by atoms with van der Waals surface area (Å²) in [6.07, 6.45) is 15.6. The molecule has 2 N–H and O–H groups in total. The summed E-state index contributed by atoms with van der Waals surface area (Å²) in [4.78, 5) is 14.4. The summed E-state index contributed by atoms with van der Waals surface area (Å²) < 4.78 is 4.18. The van der Waals surface area contributed by atoms with Crippen LogP contribution in [0, 0.1) is 5.92 Å². The van der Waals surface area contributed by atoms with Crippen LogP contribution in [-0.4, -0.2) is 39.4 Å². The predicted molar refractivity (Wildman–Crippen MR) is 130 cm³/mol. The summed E-state index contributed by atoms with van der Waals surface area (Å²) in [7, 11) is 0. The van der Waals surface area contributed by atoms with E-state index in [0.29, 0.717) is 11.9 Å². The van der Waals surface area contributed by atoms with Gasteiger partial charge in [-0.05, 0) is 37.1 Å². The van der Waals surface area contributed by atoms with Crippen molar-refractivity contribution in [1.29, 1.82) is 0 Å². The van der Waals surface area contributed by atoms with Crippen molar-refractivity contribution < 1.29 is 9.69 Å². The number of carbonyl (C=O) groups is 1. The van der Waals surface area contributed by atoms with Gasteiger partial charge >= 0.3 is 0 Å². The summed E-state index contributed by atoms with van der Waals surface area (Å²) in [5.74, 6) is 1.57. The SMILES string of the molecule is O=C(NC1CCCCCC1)C1CC[NH+](Cc2cnn(-c3ccccc3)c2-n2cccc2)CC1. The summed E-state index contributed by atoms with van der Waals surface area (Å²) >= 11 is 0. The topological polar surface area (TPSA) is 56.3 Å². The molecule has 1 aliphatic carbocycles. The van der Waals surface area contributed by atoms with E-state index in [-0.39, 0.29) is 5.92 Å². The van der Waals surface area contributed by atoms with Gasteiger partial charge in [-0.3, -0.25) is 4.79 Å². The van der Waals surface area contributed by atoms with E-state index in [2.05, 4.69) is 46.5 Å². The highest BCUT2D eigenvalue weighted by Crippen LogP contribution is 2.21. The van der Waals surface area contributed by atoms with Gasteiger partial charge in [0.2, 0.25) is 5.91 Å². The van der Waals surface area contributed by atoms with Gasteiger partial charge < -0.3 is 14.8 Å². The minimum Gasteiger partial charge on any atom is -0.353 e. The third-order valence-corrected chi connectivity index (χ3v) is 7.37. The number of aromatic nitrogens is 3. The molecule has 0 radical (unpaired) electrons. The molecule has 1 amide bonds. The first-order valence-electron chi connectivity index (χ1n) is 12.7. The van der Waals surface area contributed by atoms with Crippen molar-refractivity contribution in [3.63, 3.8) is 0 Å². The number of carbonyl (C=O) groups excluding carboxylic acids is 1. The Bertz CT molecular complexity index is 1010. The number of para-hydroxylation sites is 1. The molecule has 2 aliphatic rings. The summed E-state index contributed by atoms with van der Waals surface area (Å²) in [6.45, 7) is 2.99. The number of piperidine rings is 1. The van der Waals surface area contributed by atoms with Crippen LogP contribution in [0.5, 0.6) is 0 Å². The predicted octanol–water partition coefficient (Wildman–Crippen LogP) is 3.30. The summed E-state index contributed by atoms with van der Waals surface area (Å²) in [6, 6.07) is 14.8. The fourth-order valence-corrected chi connectivity index (χ4v) is 5.49. The van der Waals surface area contributed by atoms with Gasteiger partial charge in [-0.1, -0.05) is 43.9 Å². The Kier molecular flexibility index (Phi) is 6.91. The van der Waals surface area contributed by atoms with Gasteiger partial charge in [-0.2, -0.15) is 5.10 Å². The molecule has 0 unspecified atom stereocenters. The zero-order valence-electron chi connectivity index (χ0n) is 19.5. The van der Waals surface area contributed by atoms with Crippen molar-refractivity contribution in [1.82, 2.24) is 19.7 Å². The molecular weight excluding hydrogens is 410 g/mol. The van der Waals surface area contributed by atoms with Crippen LogP contribution in [0.1, 0.15) is 56.9 Å². The number of benzene rings is 1. The van der Waals surface area contributed by atoms with Crippen molar-refractivity contribution in [3.05, 3.63) is 66.6 Å². The molecule has 0 atom stereocenters. The molecule has 1 saturated heterocycles. The Balaban J connectivity index is 1.23. The molecule has 2 fully saturated rings. The average Bonchev–Trinajstić information content (AvgIpc) is 3.45. The van der Waals surface area contributed by atoms with Crippen LogP contribution < -0.4 is 10.2 Å². The van der Waals surface area contributed by atoms with Gasteiger partial charge in [0.05, 0.1) is 30.5 Å². The molecule has 1 aliphatic heterocycles. The molecule has 1 aromatic carbocycles. The largest absolute Gasteiger partial charge is 0.353 e. The van der Waals surface area contributed by atoms with E-state index in [1.54, 1.807) is 0 Å². The Hall–Kier alpha value is -2.86. The number of likely N-dealkylation sites (tertiary alicyclic amines) is 1. The van der Waals surface area contributed by atoms with Gasteiger partial charge in [0.1, 0.15) is 12.4 Å². The monoisotopic (exact) mass is 446 g/mol. The van der Waals surface area contributed by atoms with Crippen LogP contribution in [0.2, 0.25) is 0 Å². The van der Waals surface area contributed by atoms with Crippen molar-refractivity contribution in [2.75, 3.05) is 13.1 Å². The van der Waals surface area contributed by atoms with E-state index in [1.165, 1.54) is 36.1 Å². The Labute approximate surface area is 196 Å². The molecule has 0 bridgehead atoms. The third kappa shape index (κ3) is 5.22. The van der Waals surface area contributed by atoms with Crippen LogP contribution in [-0.2, 0) is 11.3 Å². The van der Waals surface area contributed by atoms with Crippen LogP contribution >= 0.6 is 0 Å². The number of hydrogen-bond donors (Lipinski definition) is 2. The first-order chi connectivity index (χ1) is 16.3.